The standard InChI is InChI=1S/C15H24N2O3/c1-5-15(18)17-12-6-7-14(20-9-8-19-4)13(10-12)16-11(2)3/h6-7,10-11,16H,5,8-9H2,1-4H3,(H,17,18). The molecule has 1 amide bonds. The molecule has 0 saturated carbocycles. The zero-order valence-electron chi connectivity index (χ0n) is 12.7. The molecule has 1 rings (SSSR count). The topological polar surface area (TPSA) is 59.6 Å². The van der Waals surface area contributed by atoms with Gasteiger partial charge in [0, 0.05) is 25.3 Å². The largest absolute Gasteiger partial charge is 0.489 e. The van der Waals surface area contributed by atoms with Crippen molar-refractivity contribution in [3.63, 3.8) is 0 Å². The van der Waals surface area contributed by atoms with Crippen LogP contribution in [0.3, 0.4) is 0 Å². The minimum atomic E-state index is -0.00597. The lowest BCUT2D eigenvalue weighted by Crippen LogP contribution is -2.14. The molecule has 0 aliphatic carbocycles. The molecule has 2 N–H and O–H groups in total. The molecule has 0 bridgehead atoms. The highest BCUT2D eigenvalue weighted by Gasteiger charge is 2.08. The van der Waals surface area contributed by atoms with E-state index in [4.69, 9.17) is 9.47 Å². The molecular formula is C15H24N2O3. The van der Waals surface area contributed by atoms with Gasteiger partial charge in [-0.05, 0) is 32.0 Å². The quantitative estimate of drug-likeness (QED) is 0.719. The van der Waals surface area contributed by atoms with Gasteiger partial charge >= 0.3 is 0 Å². The van der Waals surface area contributed by atoms with Gasteiger partial charge in [-0.25, -0.2) is 0 Å². The van der Waals surface area contributed by atoms with Crippen LogP contribution in [0.15, 0.2) is 18.2 Å². The average molecular weight is 280 g/mol. The zero-order chi connectivity index (χ0) is 15.0. The molecule has 1 aromatic rings. The van der Waals surface area contributed by atoms with Gasteiger partial charge in [0.25, 0.3) is 0 Å². The highest BCUT2D eigenvalue weighted by Crippen LogP contribution is 2.28. The third-order valence-electron chi connectivity index (χ3n) is 2.57. The summed E-state index contributed by atoms with van der Waals surface area (Å²) in [5.74, 6) is 0.749. The molecular weight excluding hydrogens is 256 g/mol. The number of hydrogen-bond donors (Lipinski definition) is 2. The number of carbonyl (C=O) groups excluding carboxylic acids is 1. The van der Waals surface area contributed by atoms with Crippen molar-refractivity contribution in [2.45, 2.75) is 33.2 Å². The van der Waals surface area contributed by atoms with E-state index < -0.39 is 0 Å². The van der Waals surface area contributed by atoms with Gasteiger partial charge in [-0.3, -0.25) is 4.79 Å². The van der Waals surface area contributed by atoms with E-state index in [1.54, 1.807) is 7.11 Å². The van der Waals surface area contributed by atoms with Crippen molar-refractivity contribution in [2.24, 2.45) is 0 Å². The van der Waals surface area contributed by atoms with Gasteiger partial charge in [0.05, 0.1) is 12.3 Å². The fraction of sp³-hybridized carbons (Fsp3) is 0.533. The summed E-state index contributed by atoms with van der Waals surface area (Å²) in [4.78, 5) is 11.4. The first-order valence-electron chi connectivity index (χ1n) is 6.89. The maximum Gasteiger partial charge on any atom is 0.224 e. The summed E-state index contributed by atoms with van der Waals surface area (Å²) in [6.45, 7) is 6.96. The summed E-state index contributed by atoms with van der Waals surface area (Å²) in [6.07, 6.45) is 0.457. The van der Waals surface area contributed by atoms with Crippen molar-refractivity contribution in [1.82, 2.24) is 0 Å². The molecule has 5 heteroatoms. The smallest absolute Gasteiger partial charge is 0.224 e. The Balaban J connectivity index is 2.84. The van der Waals surface area contributed by atoms with Crippen LogP contribution < -0.4 is 15.4 Å². The first-order chi connectivity index (χ1) is 9.56. The molecule has 0 aromatic heterocycles. The van der Waals surface area contributed by atoms with Crippen LogP contribution in [-0.4, -0.2) is 32.3 Å². The van der Waals surface area contributed by atoms with Crippen LogP contribution in [0.2, 0.25) is 0 Å². The van der Waals surface area contributed by atoms with E-state index in [-0.39, 0.29) is 11.9 Å². The Morgan fingerprint density at radius 2 is 2.05 bits per heavy atom. The molecule has 0 unspecified atom stereocenters. The third-order valence-corrected chi connectivity index (χ3v) is 2.57. The van der Waals surface area contributed by atoms with E-state index in [0.29, 0.717) is 19.6 Å². The lowest BCUT2D eigenvalue weighted by molar-refractivity contribution is -0.115. The normalized spacial score (nSPS) is 10.4. The highest BCUT2D eigenvalue weighted by molar-refractivity contribution is 5.91. The minimum absolute atomic E-state index is 0.00597. The van der Waals surface area contributed by atoms with Crippen LogP contribution in [0.25, 0.3) is 0 Å². The molecule has 20 heavy (non-hydrogen) atoms. The summed E-state index contributed by atoms with van der Waals surface area (Å²) in [6, 6.07) is 5.85. The summed E-state index contributed by atoms with van der Waals surface area (Å²) in [7, 11) is 1.64. The minimum Gasteiger partial charge on any atom is -0.489 e. The van der Waals surface area contributed by atoms with E-state index in [2.05, 4.69) is 24.5 Å². The maximum absolute atomic E-state index is 11.4. The Hall–Kier alpha value is -1.75. The summed E-state index contributed by atoms with van der Waals surface area (Å²) in [5.41, 5.74) is 1.63. The predicted octanol–water partition coefficient (Wildman–Crippen LogP) is 2.88. The third kappa shape index (κ3) is 5.48. The molecule has 0 aliphatic rings. The Morgan fingerprint density at radius 3 is 2.65 bits per heavy atom. The van der Waals surface area contributed by atoms with Crippen molar-refractivity contribution in [3.05, 3.63) is 18.2 Å². The van der Waals surface area contributed by atoms with E-state index >= 15 is 0 Å². The number of anilines is 2. The summed E-state index contributed by atoms with van der Waals surface area (Å²) in [5, 5.41) is 6.16. The molecule has 5 nitrogen and oxygen atoms in total. The van der Waals surface area contributed by atoms with E-state index in [1.165, 1.54) is 0 Å². The second kappa shape index (κ2) is 8.43. The van der Waals surface area contributed by atoms with Crippen molar-refractivity contribution >= 4 is 17.3 Å². The maximum atomic E-state index is 11.4. The summed E-state index contributed by atoms with van der Waals surface area (Å²) < 4.78 is 10.6. The molecule has 0 fully saturated rings. The molecule has 1 aromatic carbocycles. The average Bonchev–Trinajstić information content (AvgIpc) is 2.40. The highest BCUT2D eigenvalue weighted by atomic mass is 16.5. The Kier molecular flexibility index (Phi) is 6.87. The molecule has 0 heterocycles. The number of nitrogens with one attached hydrogen (secondary N) is 2. The zero-order valence-corrected chi connectivity index (χ0v) is 12.7. The van der Waals surface area contributed by atoms with Gasteiger partial charge in [0.15, 0.2) is 0 Å². The van der Waals surface area contributed by atoms with Gasteiger partial charge in [0.1, 0.15) is 12.4 Å². The van der Waals surface area contributed by atoms with Crippen LogP contribution in [-0.2, 0) is 9.53 Å². The van der Waals surface area contributed by atoms with Gasteiger partial charge in [-0.2, -0.15) is 0 Å². The summed E-state index contributed by atoms with van der Waals surface area (Å²) >= 11 is 0. The fourth-order valence-corrected chi connectivity index (χ4v) is 1.64. The second-order valence-electron chi connectivity index (χ2n) is 4.75. The first kappa shape index (κ1) is 16.3. The van der Waals surface area contributed by atoms with Gasteiger partial charge in [0.2, 0.25) is 5.91 Å². The molecule has 0 radical (unpaired) electrons. The number of hydrogen-bond acceptors (Lipinski definition) is 4. The van der Waals surface area contributed by atoms with Crippen molar-refractivity contribution in [1.29, 1.82) is 0 Å². The molecule has 0 aliphatic heterocycles. The van der Waals surface area contributed by atoms with Gasteiger partial charge in [-0.1, -0.05) is 6.92 Å². The van der Waals surface area contributed by atoms with Crippen LogP contribution >= 0.6 is 0 Å². The number of benzene rings is 1. The second-order valence-corrected chi connectivity index (χ2v) is 4.75. The fourth-order valence-electron chi connectivity index (χ4n) is 1.64. The molecule has 0 saturated heterocycles. The molecule has 0 spiro atoms. The number of ether oxygens (including phenoxy) is 2. The van der Waals surface area contributed by atoms with E-state index in [1.807, 2.05) is 25.1 Å². The Labute approximate surface area is 120 Å². The molecule has 112 valence electrons. The van der Waals surface area contributed by atoms with E-state index in [0.717, 1.165) is 17.1 Å². The van der Waals surface area contributed by atoms with Crippen molar-refractivity contribution in [2.75, 3.05) is 31.0 Å². The van der Waals surface area contributed by atoms with Gasteiger partial charge in [-0.15, -0.1) is 0 Å². The SMILES string of the molecule is CCC(=O)Nc1ccc(OCCOC)c(NC(C)C)c1. The number of methoxy groups -OCH3 is 1. The van der Waals surface area contributed by atoms with Crippen molar-refractivity contribution in [3.8, 4) is 5.75 Å². The predicted molar refractivity (Wildman–Crippen MR) is 81.5 cm³/mol. The number of amides is 1. The first-order valence-corrected chi connectivity index (χ1v) is 6.89. The number of carbonyl (C=O) groups is 1. The van der Waals surface area contributed by atoms with E-state index in [9.17, 15) is 4.79 Å². The van der Waals surface area contributed by atoms with Crippen molar-refractivity contribution < 1.29 is 14.3 Å². The lowest BCUT2D eigenvalue weighted by atomic mass is 10.2. The van der Waals surface area contributed by atoms with Crippen LogP contribution in [0, 0.1) is 0 Å². The molecule has 0 atom stereocenters. The Bertz CT molecular complexity index is 433. The van der Waals surface area contributed by atoms with Crippen LogP contribution in [0.4, 0.5) is 11.4 Å². The number of rotatable bonds is 8. The Morgan fingerprint density at radius 1 is 1.30 bits per heavy atom. The van der Waals surface area contributed by atoms with Crippen LogP contribution in [0.1, 0.15) is 27.2 Å². The lowest BCUT2D eigenvalue weighted by Gasteiger charge is -2.17. The van der Waals surface area contributed by atoms with Gasteiger partial charge < -0.3 is 20.1 Å². The van der Waals surface area contributed by atoms with Crippen LogP contribution in [0.5, 0.6) is 5.75 Å². The monoisotopic (exact) mass is 280 g/mol.